The van der Waals surface area contributed by atoms with Gasteiger partial charge in [-0.15, -0.1) is 0 Å². The number of aromatic amines is 1. The van der Waals surface area contributed by atoms with Gasteiger partial charge in [-0.25, -0.2) is 4.98 Å². The Morgan fingerprint density at radius 1 is 1.37 bits per heavy atom. The molecule has 1 aromatic heterocycles. The van der Waals surface area contributed by atoms with E-state index in [4.69, 9.17) is 9.47 Å². The van der Waals surface area contributed by atoms with Crippen LogP contribution in [-0.4, -0.2) is 23.3 Å². The molecule has 1 aliphatic rings. The molecule has 0 aliphatic carbocycles. The molecular formula is C14H17N3O2. The van der Waals surface area contributed by atoms with Crippen LogP contribution >= 0.6 is 0 Å². The minimum absolute atomic E-state index is 0.275. The third kappa shape index (κ3) is 2.71. The molecule has 0 spiro atoms. The summed E-state index contributed by atoms with van der Waals surface area (Å²) in [5, 5.41) is 3.48. The third-order valence-electron chi connectivity index (χ3n) is 3.30. The van der Waals surface area contributed by atoms with Crippen LogP contribution in [0.2, 0.25) is 0 Å². The minimum atomic E-state index is 0.275. The van der Waals surface area contributed by atoms with Crippen LogP contribution in [-0.2, 0) is 6.42 Å². The predicted molar refractivity (Wildman–Crippen MR) is 71.3 cm³/mol. The molecule has 0 bridgehead atoms. The molecule has 2 aromatic rings. The largest absolute Gasteiger partial charge is 0.454 e. The van der Waals surface area contributed by atoms with E-state index in [1.54, 1.807) is 6.33 Å². The van der Waals surface area contributed by atoms with E-state index in [0.29, 0.717) is 6.79 Å². The van der Waals surface area contributed by atoms with Crippen molar-refractivity contribution in [2.45, 2.75) is 19.4 Å². The third-order valence-corrected chi connectivity index (χ3v) is 3.30. The van der Waals surface area contributed by atoms with E-state index >= 15 is 0 Å². The number of benzene rings is 1. The summed E-state index contributed by atoms with van der Waals surface area (Å²) in [6, 6.07) is 6.35. The zero-order valence-corrected chi connectivity index (χ0v) is 10.8. The summed E-state index contributed by atoms with van der Waals surface area (Å²) in [5.41, 5.74) is 2.35. The SMILES string of the molecule is CC(NCCc1cnc[nH]1)c1ccc2c(c1)OCO2. The van der Waals surface area contributed by atoms with Gasteiger partial charge in [-0.05, 0) is 24.6 Å². The Labute approximate surface area is 112 Å². The average molecular weight is 259 g/mol. The molecule has 3 rings (SSSR count). The molecule has 0 radical (unpaired) electrons. The highest BCUT2D eigenvalue weighted by Gasteiger charge is 2.15. The fraction of sp³-hybridized carbons (Fsp3) is 0.357. The summed E-state index contributed by atoms with van der Waals surface area (Å²) in [6.45, 7) is 3.36. The summed E-state index contributed by atoms with van der Waals surface area (Å²) >= 11 is 0. The lowest BCUT2D eigenvalue weighted by molar-refractivity contribution is 0.174. The molecule has 0 amide bonds. The lowest BCUT2D eigenvalue weighted by Gasteiger charge is -2.14. The van der Waals surface area contributed by atoms with Gasteiger partial charge in [-0.3, -0.25) is 0 Å². The fourth-order valence-electron chi connectivity index (χ4n) is 2.15. The lowest BCUT2D eigenvalue weighted by atomic mass is 10.1. The number of imidazole rings is 1. The van der Waals surface area contributed by atoms with E-state index in [0.717, 1.165) is 30.2 Å². The molecule has 0 saturated carbocycles. The van der Waals surface area contributed by atoms with Crippen LogP contribution in [0.25, 0.3) is 0 Å². The summed E-state index contributed by atoms with van der Waals surface area (Å²) in [4.78, 5) is 7.10. The van der Waals surface area contributed by atoms with E-state index in [2.05, 4.69) is 28.3 Å². The van der Waals surface area contributed by atoms with E-state index in [1.165, 1.54) is 5.56 Å². The Morgan fingerprint density at radius 2 is 2.26 bits per heavy atom. The second-order valence-electron chi connectivity index (χ2n) is 4.62. The highest BCUT2D eigenvalue weighted by Crippen LogP contribution is 2.34. The number of ether oxygens (including phenoxy) is 2. The smallest absolute Gasteiger partial charge is 0.231 e. The highest BCUT2D eigenvalue weighted by atomic mass is 16.7. The maximum Gasteiger partial charge on any atom is 0.231 e. The molecule has 0 fully saturated rings. The van der Waals surface area contributed by atoms with Crippen molar-refractivity contribution in [1.82, 2.24) is 15.3 Å². The maximum atomic E-state index is 5.39. The molecule has 5 nitrogen and oxygen atoms in total. The Kier molecular flexibility index (Phi) is 3.37. The summed E-state index contributed by atoms with van der Waals surface area (Å²) in [5.74, 6) is 1.66. The first-order valence-corrected chi connectivity index (χ1v) is 6.43. The number of H-pyrrole nitrogens is 1. The van der Waals surface area contributed by atoms with Crippen molar-refractivity contribution < 1.29 is 9.47 Å². The van der Waals surface area contributed by atoms with E-state index in [9.17, 15) is 0 Å². The average Bonchev–Trinajstić information content (AvgIpc) is 3.08. The van der Waals surface area contributed by atoms with Gasteiger partial charge in [0.15, 0.2) is 11.5 Å². The Hall–Kier alpha value is -2.01. The molecule has 5 heteroatoms. The highest BCUT2D eigenvalue weighted by molar-refractivity contribution is 5.45. The Bertz CT molecular complexity index is 540. The first-order chi connectivity index (χ1) is 9.33. The molecule has 1 atom stereocenters. The second-order valence-corrected chi connectivity index (χ2v) is 4.62. The molecule has 1 aromatic carbocycles. The van der Waals surface area contributed by atoms with Gasteiger partial charge in [0, 0.05) is 30.9 Å². The normalized spacial score (nSPS) is 14.6. The fourth-order valence-corrected chi connectivity index (χ4v) is 2.15. The lowest BCUT2D eigenvalue weighted by Crippen LogP contribution is -2.21. The van der Waals surface area contributed by atoms with Gasteiger partial charge in [-0.1, -0.05) is 6.07 Å². The number of hydrogen-bond acceptors (Lipinski definition) is 4. The van der Waals surface area contributed by atoms with Crippen molar-refractivity contribution in [2.24, 2.45) is 0 Å². The predicted octanol–water partition coefficient (Wildman–Crippen LogP) is 2.03. The number of nitrogens with zero attached hydrogens (tertiary/aromatic N) is 1. The molecule has 2 heterocycles. The molecular weight excluding hydrogens is 242 g/mol. The number of hydrogen-bond donors (Lipinski definition) is 2. The van der Waals surface area contributed by atoms with Gasteiger partial charge >= 0.3 is 0 Å². The van der Waals surface area contributed by atoms with Crippen molar-refractivity contribution in [3.63, 3.8) is 0 Å². The molecule has 1 unspecified atom stereocenters. The maximum absolute atomic E-state index is 5.39. The van der Waals surface area contributed by atoms with E-state index in [-0.39, 0.29) is 6.04 Å². The summed E-state index contributed by atoms with van der Waals surface area (Å²) in [6.07, 6.45) is 4.50. The van der Waals surface area contributed by atoms with Gasteiger partial charge in [0.2, 0.25) is 6.79 Å². The van der Waals surface area contributed by atoms with Crippen LogP contribution in [0.5, 0.6) is 11.5 Å². The van der Waals surface area contributed by atoms with Gasteiger partial charge in [0.25, 0.3) is 0 Å². The van der Waals surface area contributed by atoms with Gasteiger partial charge in [0.05, 0.1) is 6.33 Å². The standard InChI is InChI=1S/C14H17N3O2/c1-10(16-5-4-12-7-15-8-17-12)11-2-3-13-14(6-11)19-9-18-13/h2-3,6-8,10,16H,4-5,9H2,1H3,(H,15,17). The second kappa shape index (κ2) is 5.32. The van der Waals surface area contributed by atoms with Crippen LogP contribution in [0, 0.1) is 0 Å². The minimum Gasteiger partial charge on any atom is -0.454 e. The molecule has 100 valence electrons. The van der Waals surface area contributed by atoms with Crippen molar-refractivity contribution in [3.8, 4) is 11.5 Å². The summed E-state index contributed by atoms with van der Waals surface area (Å²) < 4.78 is 10.7. The Morgan fingerprint density at radius 3 is 3.11 bits per heavy atom. The first kappa shape index (κ1) is 12.0. The van der Waals surface area contributed by atoms with Gasteiger partial charge < -0.3 is 19.8 Å². The number of aromatic nitrogens is 2. The van der Waals surface area contributed by atoms with Crippen LogP contribution in [0.3, 0.4) is 0 Å². The van der Waals surface area contributed by atoms with Crippen LogP contribution in [0.4, 0.5) is 0 Å². The molecule has 19 heavy (non-hydrogen) atoms. The number of nitrogens with one attached hydrogen (secondary N) is 2. The summed E-state index contributed by atoms with van der Waals surface area (Å²) in [7, 11) is 0. The van der Waals surface area contributed by atoms with Crippen molar-refractivity contribution >= 4 is 0 Å². The van der Waals surface area contributed by atoms with Crippen LogP contribution in [0.1, 0.15) is 24.2 Å². The molecule has 0 saturated heterocycles. The van der Waals surface area contributed by atoms with Crippen LogP contribution in [0.15, 0.2) is 30.7 Å². The Balaban J connectivity index is 1.56. The topological polar surface area (TPSA) is 59.2 Å². The van der Waals surface area contributed by atoms with Crippen LogP contribution < -0.4 is 14.8 Å². The van der Waals surface area contributed by atoms with Gasteiger partial charge in [0.1, 0.15) is 0 Å². The van der Waals surface area contributed by atoms with Crippen molar-refractivity contribution in [1.29, 1.82) is 0 Å². The van der Waals surface area contributed by atoms with Crippen molar-refractivity contribution in [3.05, 3.63) is 42.0 Å². The first-order valence-electron chi connectivity index (χ1n) is 6.43. The van der Waals surface area contributed by atoms with Crippen molar-refractivity contribution in [2.75, 3.05) is 13.3 Å². The quantitative estimate of drug-likeness (QED) is 0.862. The van der Waals surface area contributed by atoms with Gasteiger partial charge in [-0.2, -0.15) is 0 Å². The molecule has 2 N–H and O–H groups in total. The zero-order valence-electron chi connectivity index (χ0n) is 10.8. The monoisotopic (exact) mass is 259 g/mol. The number of rotatable bonds is 5. The molecule has 1 aliphatic heterocycles. The van der Waals surface area contributed by atoms with E-state index in [1.807, 2.05) is 18.3 Å². The zero-order chi connectivity index (χ0) is 13.1. The van der Waals surface area contributed by atoms with E-state index < -0.39 is 0 Å². The number of fused-ring (bicyclic) bond motifs is 1.